The van der Waals surface area contributed by atoms with Gasteiger partial charge in [0.15, 0.2) is 0 Å². The van der Waals surface area contributed by atoms with Gasteiger partial charge in [-0.15, -0.1) is 11.3 Å². The number of ether oxygens (including phenoxy) is 2. The molecule has 0 atom stereocenters. The van der Waals surface area contributed by atoms with Crippen LogP contribution >= 0.6 is 11.3 Å². The molecule has 96 valence electrons. The molecule has 0 amide bonds. The second-order valence-corrected chi connectivity index (χ2v) is 4.76. The molecular formula is C12H18O4S. The zero-order valence-corrected chi connectivity index (χ0v) is 10.8. The minimum Gasteiger partial charge on any atom is -0.477 e. The predicted octanol–water partition coefficient (Wildman–Crippen LogP) is 2.78. The van der Waals surface area contributed by atoms with Crippen LogP contribution in [-0.4, -0.2) is 30.9 Å². The van der Waals surface area contributed by atoms with Crippen molar-refractivity contribution in [2.45, 2.75) is 26.4 Å². The maximum absolute atomic E-state index is 10.6. The van der Waals surface area contributed by atoms with Gasteiger partial charge in [-0.1, -0.05) is 13.3 Å². The Kier molecular flexibility index (Phi) is 6.84. The first-order valence-electron chi connectivity index (χ1n) is 5.71. The van der Waals surface area contributed by atoms with E-state index in [2.05, 4.69) is 6.92 Å². The van der Waals surface area contributed by atoms with Gasteiger partial charge in [-0.25, -0.2) is 4.79 Å². The molecule has 1 rings (SSSR count). The van der Waals surface area contributed by atoms with Crippen molar-refractivity contribution in [1.29, 1.82) is 0 Å². The van der Waals surface area contributed by atoms with Crippen LogP contribution in [0.1, 0.15) is 34.3 Å². The molecule has 0 aromatic carbocycles. The Labute approximate surface area is 105 Å². The number of carboxylic acid groups (broad SMARTS) is 1. The summed E-state index contributed by atoms with van der Waals surface area (Å²) in [5.74, 6) is -0.885. The van der Waals surface area contributed by atoms with E-state index in [0.717, 1.165) is 24.3 Å². The van der Waals surface area contributed by atoms with Gasteiger partial charge in [-0.2, -0.15) is 0 Å². The second kappa shape index (κ2) is 8.22. The van der Waals surface area contributed by atoms with Gasteiger partial charge in [0, 0.05) is 11.5 Å². The number of thiophene rings is 1. The zero-order chi connectivity index (χ0) is 12.5. The molecule has 0 aliphatic carbocycles. The number of carbonyl (C=O) groups is 1. The van der Waals surface area contributed by atoms with Gasteiger partial charge in [0.1, 0.15) is 4.88 Å². The third kappa shape index (κ3) is 5.81. The van der Waals surface area contributed by atoms with Crippen LogP contribution in [-0.2, 0) is 16.1 Å². The normalized spacial score (nSPS) is 10.6. The molecule has 0 radical (unpaired) electrons. The number of hydrogen-bond donors (Lipinski definition) is 1. The van der Waals surface area contributed by atoms with Gasteiger partial charge in [0.05, 0.1) is 19.8 Å². The average Bonchev–Trinajstić information content (AvgIpc) is 2.77. The van der Waals surface area contributed by atoms with E-state index in [1.807, 2.05) is 0 Å². The summed E-state index contributed by atoms with van der Waals surface area (Å²) in [5, 5.41) is 8.74. The minimum absolute atomic E-state index is 0.350. The van der Waals surface area contributed by atoms with Crippen LogP contribution in [0.4, 0.5) is 0 Å². The Balaban J connectivity index is 2.07. The van der Waals surface area contributed by atoms with Gasteiger partial charge in [-0.3, -0.25) is 0 Å². The zero-order valence-electron chi connectivity index (χ0n) is 9.98. The molecule has 0 spiro atoms. The molecule has 0 saturated heterocycles. The van der Waals surface area contributed by atoms with E-state index in [4.69, 9.17) is 14.6 Å². The molecule has 0 saturated carbocycles. The lowest BCUT2D eigenvalue weighted by atomic mass is 10.4. The second-order valence-electron chi connectivity index (χ2n) is 3.59. The monoisotopic (exact) mass is 258 g/mol. The SMILES string of the molecule is CCCCOCCOCc1ccc(C(=O)O)s1. The molecule has 0 unspecified atom stereocenters. The lowest BCUT2D eigenvalue weighted by molar-refractivity contribution is 0.0406. The molecule has 0 bridgehead atoms. The molecule has 0 aliphatic heterocycles. The molecule has 17 heavy (non-hydrogen) atoms. The summed E-state index contributed by atoms with van der Waals surface area (Å²) >= 11 is 1.25. The van der Waals surface area contributed by atoms with Crippen LogP contribution in [0.3, 0.4) is 0 Å². The third-order valence-electron chi connectivity index (χ3n) is 2.13. The maximum atomic E-state index is 10.6. The van der Waals surface area contributed by atoms with E-state index < -0.39 is 5.97 Å². The molecular weight excluding hydrogens is 240 g/mol. The molecule has 0 fully saturated rings. The van der Waals surface area contributed by atoms with Gasteiger partial charge < -0.3 is 14.6 Å². The predicted molar refractivity (Wildman–Crippen MR) is 66.7 cm³/mol. The van der Waals surface area contributed by atoms with Crippen molar-refractivity contribution >= 4 is 17.3 Å². The van der Waals surface area contributed by atoms with E-state index in [1.165, 1.54) is 11.3 Å². The Morgan fingerprint density at radius 2 is 2.06 bits per heavy atom. The Morgan fingerprint density at radius 3 is 2.71 bits per heavy atom. The standard InChI is InChI=1S/C12H18O4S/c1-2-3-6-15-7-8-16-9-10-4-5-11(17-10)12(13)14/h4-5H,2-3,6-9H2,1H3,(H,13,14). The molecule has 4 nitrogen and oxygen atoms in total. The summed E-state index contributed by atoms with van der Waals surface area (Å²) in [7, 11) is 0. The quantitative estimate of drug-likeness (QED) is 0.692. The van der Waals surface area contributed by atoms with Crippen molar-refractivity contribution in [1.82, 2.24) is 0 Å². The summed E-state index contributed by atoms with van der Waals surface area (Å²) in [5.41, 5.74) is 0. The lowest BCUT2D eigenvalue weighted by Gasteiger charge is -2.03. The van der Waals surface area contributed by atoms with Crippen LogP contribution in [0.25, 0.3) is 0 Å². The molecule has 0 aliphatic rings. The van der Waals surface area contributed by atoms with Crippen molar-refractivity contribution in [3.8, 4) is 0 Å². The van der Waals surface area contributed by atoms with Crippen molar-refractivity contribution in [2.75, 3.05) is 19.8 Å². The summed E-state index contributed by atoms with van der Waals surface area (Å²) < 4.78 is 10.7. The molecule has 5 heteroatoms. The van der Waals surface area contributed by atoms with Crippen LogP contribution in [0.2, 0.25) is 0 Å². The highest BCUT2D eigenvalue weighted by Gasteiger charge is 2.06. The highest BCUT2D eigenvalue weighted by Crippen LogP contribution is 2.17. The summed E-state index contributed by atoms with van der Waals surface area (Å²) in [6, 6.07) is 3.38. The largest absolute Gasteiger partial charge is 0.477 e. The van der Waals surface area contributed by atoms with Gasteiger partial charge >= 0.3 is 5.97 Å². The van der Waals surface area contributed by atoms with E-state index in [0.29, 0.717) is 24.7 Å². The number of hydrogen-bond acceptors (Lipinski definition) is 4. The molecule has 1 aromatic heterocycles. The van der Waals surface area contributed by atoms with Gasteiger partial charge in [0.25, 0.3) is 0 Å². The van der Waals surface area contributed by atoms with Crippen LogP contribution < -0.4 is 0 Å². The first kappa shape index (κ1) is 14.2. The first-order valence-corrected chi connectivity index (χ1v) is 6.53. The third-order valence-corrected chi connectivity index (χ3v) is 3.18. The lowest BCUT2D eigenvalue weighted by Crippen LogP contribution is -2.04. The number of carboxylic acids is 1. The topological polar surface area (TPSA) is 55.8 Å². The average molecular weight is 258 g/mol. The van der Waals surface area contributed by atoms with Crippen molar-refractivity contribution in [3.05, 3.63) is 21.9 Å². The van der Waals surface area contributed by atoms with Crippen molar-refractivity contribution < 1.29 is 19.4 Å². The fourth-order valence-electron chi connectivity index (χ4n) is 1.21. The Bertz CT molecular complexity index is 335. The van der Waals surface area contributed by atoms with Crippen LogP contribution in [0.5, 0.6) is 0 Å². The summed E-state index contributed by atoms with van der Waals surface area (Å²) in [6.07, 6.45) is 2.21. The minimum atomic E-state index is -0.885. The van der Waals surface area contributed by atoms with Gasteiger partial charge in [0.2, 0.25) is 0 Å². The smallest absolute Gasteiger partial charge is 0.345 e. The Morgan fingerprint density at radius 1 is 1.29 bits per heavy atom. The van der Waals surface area contributed by atoms with Crippen molar-refractivity contribution in [2.24, 2.45) is 0 Å². The van der Waals surface area contributed by atoms with Crippen LogP contribution in [0.15, 0.2) is 12.1 Å². The van der Waals surface area contributed by atoms with Crippen molar-refractivity contribution in [3.63, 3.8) is 0 Å². The number of rotatable bonds is 9. The fourth-order valence-corrected chi connectivity index (χ4v) is 1.99. The van der Waals surface area contributed by atoms with E-state index in [1.54, 1.807) is 12.1 Å². The number of unbranched alkanes of at least 4 members (excludes halogenated alkanes) is 1. The number of aromatic carboxylic acids is 1. The van der Waals surface area contributed by atoms with Gasteiger partial charge in [-0.05, 0) is 18.6 Å². The summed E-state index contributed by atoms with van der Waals surface area (Å²) in [6.45, 7) is 4.50. The van der Waals surface area contributed by atoms with E-state index >= 15 is 0 Å². The highest BCUT2D eigenvalue weighted by atomic mass is 32.1. The van der Waals surface area contributed by atoms with E-state index in [9.17, 15) is 4.79 Å². The highest BCUT2D eigenvalue weighted by molar-refractivity contribution is 7.13. The molecule has 1 N–H and O–H groups in total. The molecule has 1 heterocycles. The Hall–Kier alpha value is -0.910. The fraction of sp³-hybridized carbons (Fsp3) is 0.583. The summed E-state index contributed by atoms with van der Waals surface area (Å²) in [4.78, 5) is 11.9. The van der Waals surface area contributed by atoms with E-state index in [-0.39, 0.29) is 0 Å². The maximum Gasteiger partial charge on any atom is 0.345 e. The first-order chi connectivity index (χ1) is 8.24. The molecule has 1 aromatic rings. The van der Waals surface area contributed by atoms with Crippen LogP contribution in [0, 0.1) is 0 Å².